The largest absolute Gasteiger partial charge is 0.383 e. The van der Waals surface area contributed by atoms with Crippen molar-refractivity contribution in [3.63, 3.8) is 0 Å². The first-order chi connectivity index (χ1) is 23.3. The number of nitrogen functional groups attached to an aromatic ring is 2. The summed E-state index contributed by atoms with van der Waals surface area (Å²) in [7, 11) is 0. The van der Waals surface area contributed by atoms with Crippen LogP contribution < -0.4 is 22.1 Å². The van der Waals surface area contributed by atoms with Gasteiger partial charge in [-0.15, -0.1) is 0 Å². The van der Waals surface area contributed by atoms with Crippen LogP contribution in [0.5, 0.6) is 0 Å². The monoisotopic (exact) mass is 638 g/mol. The fourth-order valence-electron chi connectivity index (χ4n) is 5.26. The van der Waals surface area contributed by atoms with Crippen LogP contribution in [0.3, 0.4) is 0 Å². The molecule has 2 unspecified atom stereocenters. The number of aromatic amines is 2. The molecule has 8 rings (SSSR count). The minimum atomic E-state index is -0.239. The quantitative estimate of drug-likeness (QED) is 0.153. The Morgan fingerprint density at radius 2 is 1.15 bits per heavy atom. The van der Waals surface area contributed by atoms with E-state index in [4.69, 9.17) is 22.0 Å². The van der Waals surface area contributed by atoms with Crippen LogP contribution in [0.2, 0.25) is 0 Å². The Morgan fingerprint density at radius 1 is 0.708 bits per heavy atom. The van der Waals surface area contributed by atoms with E-state index < -0.39 is 0 Å². The fourth-order valence-corrected chi connectivity index (χ4v) is 5.26. The number of H-pyrrole nitrogens is 2. The molecule has 4 atom stereocenters. The molecular weight excluding hydrogens is 612 g/mol. The maximum atomic E-state index is 12.0. The van der Waals surface area contributed by atoms with E-state index in [9.17, 15) is 9.59 Å². The third-order valence-corrected chi connectivity index (χ3v) is 8.17. The molecule has 6 aromatic heterocycles. The highest BCUT2D eigenvalue weighted by atomic mass is 16.2. The van der Waals surface area contributed by atoms with Crippen LogP contribution in [0.25, 0.3) is 44.1 Å². The summed E-state index contributed by atoms with van der Waals surface area (Å²) in [5, 5.41) is 39.5. The maximum Gasteiger partial charge on any atom is 0.230 e. The number of carbonyl (C=O) groups is 2. The van der Waals surface area contributed by atoms with Crippen molar-refractivity contribution in [2.45, 2.75) is 12.8 Å². The number of pyridine rings is 4. The molecule has 16 nitrogen and oxygen atoms in total. The molecule has 2 fully saturated rings. The maximum absolute atomic E-state index is 12.0. The van der Waals surface area contributed by atoms with Crippen LogP contribution in [0.15, 0.2) is 61.4 Å². The first-order valence-corrected chi connectivity index (χ1v) is 14.8. The standard InChI is InChI=1S/2C16H13N7O/c2*17-4-9-1-11(9)16(24)23-14-3-8-2-13(10-5-20-21-6-10)22-15(18)12(8)7-19-14/h2*2-3,5-7,9,11H,1H2,(H2,18,22)(H,20,21)(H,19,23,24)/t9-,11+;/m0./s1. The number of nitrogens with two attached hydrogens (primary N) is 2. The topological polar surface area (TPSA) is 267 Å². The molecule has 6 aromatic rings. The minimum absolute atomic E-state index is 0.175. The number of hydrogen-bond donors (Lipinski definition) is 6. The summed E-state index contributed by atoms with van der Waals surface area (Å²) in [5.41, 5.74) is 15.0. The number of rotatable bonds is 6. The van der Waals surface area contributed by atoms with Gasteiger partial charge in [0.2, 0.25) is 11.8 Å². The van der Waals surface area contributed by atoms with Crippen molar-refractivity contribution >= 4 is 56.6 Å². The van der Waals surface area contributed by atoms with E-state index >= 15 is 0 Å². The van der Waals surface area contributed by atoms with E-state index in [0.29, 0.717) is 58.3 Å². The van der Waals surface area contributed by atoms with Crippen molar-refractivity contribution in [2.24, 2.45) is 23.7 Å². The number of anilines is 4. The molecule has 48 heavy (non-hydrogen) atoms. The Bertz CT molecular complexity index is 2110. The first-order valence-electron chi connectivity index (χ1n) is 14.8. The second-order valence-corrected chi connectivity index (χ2v) is 11.5. The van der Waals surface area contributed by atoms with E-state index in [-0.39, 0.29) is 35.5 Å². The smallest absolute Gasteiger partial charge is 0.230 e. The minimum Gasteiger partial charge on any atom is -0.383 e. The van der Waals surface area contributed by atoms with Gasteiger partial charge >= 0.3 is 0 Å². The normalized spacial score (nSPS) is 19.0. The first kappa shape index (κ1) is 29.8. The number of amides is 2. The van der Waals surface area contributed by atoms with Crippen LogP contribution in [0.1, 0.15) is 12.8 Å². The molecule has 2 amide bonds. The number of fused-ring (bicyclic) bond motifs is 2. The number of nitrogens with zero attached hydrogens (tertiary/aromatic N) is 8. The van der Waals surface area contributed by atoms with Gasteiger partial charge in [-0.05, 0) is 47.9 Å². The number of nitriles is 2. The summed E-state index contributed by atoms with van der Waals surface area (Å²) in [6.07, 6.45) is 11.2. The summed E-state index contributed by atoms with van der Waals surface area (Å²) >= 11 is 0. The molecule has 2 saturated carbocycles. The summed E-state index contributed by atoms with van der Waals surface area (Å²) < 4.78 is 0. The van der Waals surface area contributed by atoms with Gasteiger partial charge in [0.25, 0.3) is 0 Å². The molecule has 2 aliphatic rings. The lowest BCUT2D eigenvalue weighted by molar-refractivity contribution is -0.118. The van der Waals surface area contributed by atoms with Crippen LogP contribution in [-0.2, 0) is 9.59 Å². The third-order valence-electron chi connectivity index (χ3n) is 8.17. The second kappa shape index (κ2) is 12.1. The zero-order valence-corrected chi connectivity index (χ0v) is 25.0. The fraction of sp³-hybridized carbons (Fsp3) is 0.188. The molecule has 0 bridgehead atoms. The highest BCUT2D eigenvalue weighted by molar-refractivity contribution is 5.99. The molecule has 2 aliphatic carbocycles. The number of aromatic nitrogens is 8. The number of carbonyl (C=O) groups excluding carboxylic acids is 2. The number of nitrogens with one attached hydrogen (secondary N) is 4. The molecule has 0 saturated heterocycles. The van der Waals surface area contributed by atoms with E-state index in [1.165, 1.54) is 0 Å². The van der Waals surface area contributed by atoms with E-state index in [1.807, 2.05) is 12.1 Å². The Morgan fingerprint density at radius 3 is 1.50 bits per heavy atom. The lowest BCUT2D eigenvalue weighted by atomic mass is 10.1. The van der Waals surface area contributed by atoms with Crippen molar-refractivity contribution < 1.29 is 9.59 Å². The van der Waals surface area contributed by atoms with Crippen molar-refractivity contribution in [2.75, 3.05) is 22.1 Å². The van der Waals surface area contributed by atoms with E-state index in [0.717, 1.165) is 21.9 Å². The van der Waals surface area contributed by atoms with Crippen molar-refractivity contribution in [3.8, 4) is 34.7 Å². The number of hydrogen-bond acceptors (Lipinski definition) is 12. The average molecular weight is 639 g/mol. The van der Waals surface area contributed by atoms with Gasteiger partial charge in [-0.3, -0.25) is 19.8 Å². The van der Waals surface area contributed by atoms with Crippen molar-refractivity contribution in [1.82, 2.24) is 40.3 Å². The molecule has 0 aromatic carbocycles. The summed E-state index contributed by atoms with van der Waals surface area (Å²) in [5.74, 6) is 0.390. The Kier molecular flexibility index (Phi) is 7.50. The highest BCUT2D eigenvalue weighted by Crippen LogP contribution is 2.39. The van der Waals surface area contributed by atoms with E-state index in [2.05, 4.69) is 63.1 Å². The molecule has 6 heterocycles. The molecule has 0 aliphatic heterocycles. The lowest BCUT2D eigenvalue weighted by Crippen LogP contribution is -2.15. The third kappa shape index (κ3) is 6.01. The van der Waals surface area contributed by atoms with Gasteiger partial charge in [0, 0.05) is 46.7 Å². The lowest BCUT2D eigenvalue weighted by Gasteiger charge is -2.08. The molecule has 8 N–H and O–H groups in total. The molecule has 236 valence electrons. The van der Waals surface area contributed by atoms with Crippen LogP contribution in [-0.4, -0.2) is 52.1 Å². The average Bonchev–Trinajstić information content (AvgIpc) is 3.91. The van der Waals surface area contributed by atoms with Gasteiger partial charge in [0.1, 0.15) is 23.3 Å². The van der Waals surface area contributed by atoms with Crippen LogP contribution >= 0.6 is 0 Å². The predicted octanol–water partition coefficient (Wildman–Crippen LogP) is 3.40. The molecule has 0 radical (unpaired) electrons. The Balaban J connectivity index is 0.000000152. The van der Waals surface area contributed by atoms with Gasteiger partial charge < -0.3 is 22.1 Å². The second-order valence-electron chi connectivity index (χ2n) is 11.5. The van der Waals surface area contributed by atoms with Crippen molar-refractivity contribution in [3.05, 3.63) is 61.4 Å². The van der Waals surface area contributed by atoms with Gasteiger partial charge in [-0.2, -0.15) is 20.7 Å². The Hall–Kier alpha value is -6.94. The summed E-state index contributed by atoms with van der Waals surface area (Å²) in [4.78, 5) is 41.2. The predicted molar refractivity (Wildman–Crippen MR) is 175 cm³/mol. The summed E-state index contributed by atoms with van der Waals surface area (Å²) in [6, 6.07) is 11.4. The molecular formula is C32H26N14O2. The zero-order valence-electron chi connectivity index (χ0n) is 25.0. The summed E-state index contributed by atoms with van der Waals surface area (Å²) in [6.45, 7) is 0. The highest BCUT2D eigenvalue weighted by Gasteiger charge is 2.44. The van der Waals surface area contributed by atoms with Gasteiger partial charge in [-0.25, -0.2) is 19.9 Å². The van der Waals surface area contributed by atoms with Gasteiger partial charge in [-0.1, -0.05) is 0 Å². The van der Waals surface area contributed by atoms with Crippen LogP contribution in [0.4, 0.5) is 23.3 Å². The Labute approximate surface area is 271 Å². The van der Waals surface area contributed by atoms with Gasteiger partial charge in [0.05, 0.1) is 59.6 Å². The SMILES string of the molecule is N#CC1CC1C(=O)Nc1cc2cc(-c3cn[nH]c3)nc(N)c2cn1.N#C[C@@H]1C[C@H]1C(=O)Nc1cc2cc(-c3cn[nH]c3)nc(N)c2cn1. The van der Waals surface area contributed by atoms with Crippen molar-refractivity contribution in [1.29, 1.82) is 10.5 Å². The van der Waals surface area contributed by atoms with Crippen LogP contribution in [0, 0.1) is 46.3 Å². The zero-order chi connectivity index (χ0) is 33.4. The van der Waals surface area contributed by atoms with E-state index in [1.54, 1.807) is 49.3 Å². The molecule has 0 spiro atoms. The molecule has 16 heteroatoms. The van der Waals surface area contributed by atoms with Gasteiger partial charge in [0.15, 0.2) is 0 Å².